The van der Waals surface area contributed by atoms with Gasteiger partial charge in [0.1, 0.15) is 5.60 Å². The number of esters is 1. The van der Waals surface area contributed by atoms with Gasteiger partial charge in [-0.25, -0.2) is 4.79 Å². The number of ether oxygens (including phenoxy) is 2. The van der Waals surface area contributed by atoms with Crippen LogP contribution in [0, 0.1) is 22.7 Å². The number of piperidine rings is 2. The summed E-state index contributed by atoms with van der Waals surface area (Å²) in [7, 11) is 0. The first kappa shape index (κ1) is 31.7. The smallest absolute Gasteiger partial charge is 0.410 e. The maximum absolute atomic E-state index is 12.6. The van der Waals surface area contributed by atoms with Crippen molar-refractivity contribution in [2.45, 2.75) is 124 Å². The molecule has 0 aromatic heterocycles. The predicted molar refractivity (Wildman–Crippen MR) is 153 cm³/mol. The molecular formula is C31H55N3O5. The monoisotopic (exact) mass is 549 g/mol. The number of hydrogen-bond donors (Lipinski definition) is 2. The first-order valence-corrected chi connectivity index (χ1v) is 15.4. The van der Waals surface area contributed by atoms with Crippen LogP contribution in [0.15, 0.2) is 0 Å². The van der Waals surface area contributed by atoms with E-state index in [2.05, 4.69) is 31.4 Å². The molecule has 8 heteroatoms. The molecule has 4 aliphatic rings. The van der Waals surface area contributed by atoms with Gasteiger partial charge in [-0.05, 0) is 112 Å². The Labute approximate surface area is 236 Å². The lowest BCUT2D eigenvalue weighted by Crippen LogP contribution is -2.52. The molecular weight excluding hydrogens is 494 g/mol. The van der Waals surface area contributed by atoms with Crippen molar-refractivity contribution in [3.63, 3.8) is 0 Å². The summed E-state index contributed by atoms with van der Waals surface area (Å²) in [6, 6.07) is 0. The zero-order valence-corrected chi connectivity index (χ0v) is 25.7. The topological polar surface area (TPSA) is 97.0 Å². The van der Waals surface area contributed by atoms with E-state index in [1.54, 1.807) is 4.90 Å². The molecule has 8 nitrogen and oxygen atoms in total. The lowest BCUT2D eigenvalue weighted by molar-refractivity contribution is -0.159. The molecule has 0 aromatic carbocycles. The summed E-state index contributed by atoms with van der Waals surface area (Å²) in [5.74, 6) is 1.69. The third kappa shape index (κ3) is 9.94. The van der Waals surface area contributed by atoms with E-state index in [9.17, 15) is 14.4 Å². The van der Waals surface area contributed by atoms with E-state index in [1.165, 1.54) is 25.7 Å². The molecule has 2 aliphatic heterocycles. The molecule has 0 unspecified atom stereocenters. The highest BCUT2D eigenvalue weighted by atomic mass is 16.6. The zero-order valence-electron chi connectivity index (χ0n) is 25.7. The van der Waals surface area contributed by atoms with Gasteiger partial charge in [-0.2, -0.15) is 0 Å². The number of amides is 2. The van der Waals surface area contributed by atoms with E-state index in [-0.39, 0.29) is 23.0 Å². The van der Waals surface area contributed by atoms with Crippen LogP contribution in [0.3, 0.4) is 0 Å². The van der Waals surface area contributed by atoms with Crippen LogP contribution in [0.1, 0.15) is 113 Å². The molecule has 224 valence electrons. The van der Waals surface area contributed by atoms with E-state index < -0.39 is 11.0 Å². The van der Waals surface area contributed by atoms with E-state index in [1.807, 2.05) is 27.7 Å². The fraction of sp³-hybridized carbons (Fsp3) is 0.903. The number of hydrogen-bond acceptors (Lipinski definition) is 6. The second kappa shape index (κ2) is 12.8. The Morgan fingerprint density at radius 2 is 1.36 bits per heavy atom. The summed E-state index contributed by atoms with van der Waals surface area (Å²) < 4.78 is 10.7. The molecule has 0 bridgehead atoms. The molecule has 2 saturated carbocycles. The minimum absolute atomic E-state index is 0.0780. The maximum atomic E-state index is 12.6. The standard InChI is InChI=1S/C17H29NO4.C14H26N2O/c1-5-21-14(19)17(12-13-6-7-13)8-10-18(11-9-17)15(20)22-16(2,3)4;1-13(2,3)16-12(17)14(10-11-4-5-11)6-8-15-9-7-14/h13H,5-12H2,1-4H3;11,15H,4-10H2,1-3H3,(H,16,17). The van der Waals surface area contributed by atoms with Crippen molar-refractivity contribution in [2.24, 2.45) is 22.7 Å². The molecule has 0 spiro atoms. The number of likely N-dealkylation sites (tertiary alicyclic amines) is 1. The number of nitrogens with one attached hydrogen (secondary N) is 2. The number of nitrogens with zero attached hydrogens (tertiary/aromatic N) is 1. The van der Waals surface area contributed by atoms with Crippen molar-refractivity contribution in [1.29, 1.82) is 0 Å². The van der Waals surface area contributed by atoms with Gasteiger partial charge < -0.3 is 25.0 Å². The Kier molecular flexibility index (Phi) is 10.4. The first-order chi connectivity index (χ1) is 18.2. The molecule has 39 heavy (non-hydrogen) atoms. The molecule has 4 fully saturated rings. The third-order valence-corrected chi connectivity index (χ3v) is 8.36. The molecule has 0 radical (unpaired) electrons. The zero-order chi connectivity index (χ0) is 28.9. The van der Waals surface area contributed by atoms with Crippen LogP contribution < -0.4 is 10.6 Å². The quantitative estimate of drug-likeness (QED) is 0.411. The summed E-state index contributed by atoms with van der Waals surface area (Å²) in [6.45, 7) is 17.2. The molecule has 2 saturated heterocycles. The van der Waals surface area contributed by atoms with E-state index >= 15 is 0 Å². The molecule has 0 aromatic rings. The van der Waals surface area contributed by atoms with Gasteiger partial charge in [-0.1, -0.05) is 25.7 Å². The summed E-state index contributed by atoms with van der Waals surface area (Å²) >= 11 is 0. The maximum Gasteiger partial charge on any atom is 0.410 e. The predicted octanol–water partition coefficient (Wildman–Crippen LogP) is 5.44. The van der Waals surface area contributed by atoms with Crippen molar-refractivity contribution >= 4 is 18.0 Å². The van der Waals surface area contributed by atoms with E-state index in [0.717, 1.165) is 44.7 Å². The largest absolute Gasteiger partial charge is 0.466 e. The van der Waals surface area contributed by atoms with Gasteiger partial charge in [0.25, 0.3) is 0 Å². The van der Waals surface area contributed by atoms with Crippen LogP contribution in [0.5, 0.6) is 0 Å². The fourth-order valence-electron chi connectivity index (χ4n) is 5.87. The van der Waals surface area contributed by atoms with Crippen LogP contribution in [0.4, 0.5) is 4.79 Å². The Balaban J connectivity index is 0.000000223. The lowest BCUT2D eigenvalue weighted by Gasteiger charge is -2.40. The van der Waals surface area contributed by atoms with Gasteiger partial charge in [0.05, 0.1) is 17.4 Å². The summed E-state index contributed by atoms with van der Waals surface area (Å²) in [5.41, 5.74) is -1.07. The van der Waals surface area contributed by atoms with Crippen LogP contribution >= 0.6 is 0 Å². The normalized spacial score (nSPS) is 22.7. The van der Waals surface area contributed by atoms with E-state index in [0.29, 0.717) is 44.4 Å². The summed E-state index contributed by atoms with van der Waals surface area (Å²) in [5, 5.41) is 6.57. The molecule has 2 amide bonds. The Bertz CT molecular complexity index is 837. The number of carbonyl (C=O) groups is 3. The van der Waals surface area contributed by atoms with E-state index in [4.69, 9.17) is 9.47 Å². The van der Waals surface area contributed by atoms with Gasteiger partial charge in [-0.3, -0.25) is 9.59 Å². The number of rotatable bonds is 7. The van der Waals surface area contributed by atoms with Crippen LogP contribution in [-0.2, 0) is 19.1 Å². The summed E-state index contributed by atoms with van der Waals surface area (Å²) in [6.07, 6.45) is 10.2. The summed E-state index contributed by atoms with van der Waals surface area (Å²) in [4.78, 5) is 38.9. The molecule has 2 aliphatic carbocycles. The third-order valence-electron chi connectivity index (χ3n) is 8.36. The van der Waals surface area contributed by atoms with Gasteiger partial charge >= 0.3 is 12.1 Å². The highest BCUT2D eigenvalue weighted by molar-refractivity contribution is 5.83. The minimum Gasteiger partial charge on any atom is -0.466 e. The Morgan fingerprint density at radius 3 is 1.79 bits per heavy atom. The van der Waals surface area contributed by atoms with Gasteiger partial charge in [0.2, 0.25) is 5.91 Å². The lowest BCUT2D eigenvalue weighted by atomic mass is 9.73. The van der Waals surface area contributed by atoms with Gasteiger partial charge in [-0.15, -0.1) is 0 Å². The Morgan fingerprint density at radius 1 is 0.846 bits per heavy atom. The highest BCUT2D eigenvalue weighted by Crippen LogP contribution is 2.47. The van der Waals surface area contributed by atoms with Crippen molar-refractivity contribution in [1.82, 2.24) is 15.5 Å². The van der Waals surface area contributed by atoms with Crippen molar-refractivity contribution < 1.29 is 23.9 Å². The van der Waals surface area contributed by atoms with Gasteiger partial charge in [0.15, 0.2) is 0 Å². The first-order valence-electron chi connectivity index (χ1n) is 15.4. The average molecular weight is 550 g/mol. The van der Waals surface area contributed by atoms with Crippen LogP contribution in [0.25, 0.3) is 0 Å². The highest BCUT2D eigenvalue weighted by Gasteiger charge is 2.47. The van der Waals surface area contributed by atoms with Crippen molar-refractivity contribution in [3.8, 4) is 0 Å². The SMILES string of the molecule is CC(C)(C)NC(=O)C1(CC2CC2)CCNCC1.CCOC(=O)C1(CC2CC2)CCN(C(=O)OC(C)(C)C)CC1. The molecule has 0 atom stereocenters. The second-order valence-corrected chi connectivity index (χ2v) is 14.5. The second-order valence-electron chi connectivity index (χ2n) is 14.5. The molecule has 2 heterocycles. The number of carbonyl (C=O) groups excluding carboxylic acids is 3. The van der Waals surface area contributed by atoms with Gasteiger partial charge in [0, 0.05) is 18.6 Å². The van der Waals surface area contributed by atoms with Crippen LogP contribution in [-0.4, -0.2) is 66.8 Å². The van der Waals surface area contributed by atoms with Crippen molar-refractivity contribution in [2.75, 3.05) is 32.8 Å². The Hall–Kier alpha value is -1.83. The molecule has 2 N–H and O–H groups in total. The van der Waals surface area contributed by atoms with Crippen LogP contribution in [0.2, 0.25) is 0 Å². The molecule has 4 rings (SSSR count). The average Bonchev–Trinajstić information content (AvgIpc) is 3.76. The van der Waals surface area contributed by atoms with Crippen molar-refractivity contribution in [3.05, 3.63) is 0 Å². The fourth-order valence-corrected chi connectivity index (χ4v) is 5.87. The minimum atomic E-state index is -0.485.